The van der Waals surface area contributed by atoms with Gasteiger partial charge in [-0.15, -0.1) is 6.42 Å². The summed E-state index contributed by atoms with van der Waals surface area (Å²) in [5, 5.41) is 0. The van der Waals surface area contributed by atoms with Crippen LogP contribution in [-0.2, 0) is 9.47 Å². The quantitative estimate of drug-likeness (QED) is 0.660. The molecule has 1 aromatic rings. The zero-order valence-electron chi connectivity index (χ0n) is 7.80. The van der Waals surface area contributed by atoms with Crippen molar-refractivity contribution in [3.8, 4) is 12.3 Å². The van der Waals surface area contributed by atoms with E-state index in [0.29, 0.717) is 13.2 Å². The summed E-state index contributed by atoms with van der Waals surface area (Å²) in [5.41, 5.74) is -0.0572. The molecule has 0 spiro atoms. The molecule has 0 saturated carbocycles. The highest BCUT2D eigenvalue weighted by Gasteiger charge is 2.24. The van der Waals surface area contributed by atoms with E-state index in [1.54, 1.807) is 0 Å². The second-order valence-electron chi connectivity index (χ2n) is 3.05. The van der Waals surface area contributed by atoms with E-state index in [9.17, 15) is 8.78 Å². The highest BCUT2D eigenvalue weighted by molar-refractivity contribution is 5.37. The van der Waals surface area contributed by atoms with Crippen LogP contribution in [0.1, 0.15) is 17.4 Å². The van der Waals surface area contributed by atoms with Crippen molar-refractivity contribution in [2.45, 2.75) is 6.29 Å². The lowest BCUT2D eigenvalue weighted by atomic mass is 10.1. The van der Waals surface area contributed by atoms with E-state index in [0.717, 1.165) is 0 Å². The molecular formula is C11H8F2O2. The van der Waals surface area contributed by atoms with E-state index in [4.69, 9.17) is 15.9 Å². The van der Waals surface area contributed by atoms with Gasteiger partial charge in [-0.3, -0.25) is 0 Å². The lowest BCUT2D eigenvalue weighted by molar-refractivity contribution is -0.0468. The average molecular weight is 210 g/mol. The molecule has 0 bridgehead atoms. The first-order valence-corrected chi connectivity index (χ1v) is 4.41. The maximum atomic E-state index is 13.5. The Morgan fingerprint density at radius 2 is 1.87 bits per heavy atom. The van der Waals surface area contributed by atoms with Gasteiger partial charge in [0.25, 0.3) is 0 Å². The smallest absolute Gasteiger partial charge is 0.186 e. The number of rotatable bonds is 1. The fourth-order valence-corrected chi connectivity index (χ4v) is 1.40. The highest BCUT2D eigenvalue weighted by atomic mass is 19.2. The molecule has 4 heteroatoms. The fourth-order valence-electron chi connectivity index (χ4n) is 1.40. The van der Waals surface area contributed by atoms with Crippen molar-refractivity contribution < 1.29 is 18.3 Å². The standard InChI is InChI=1S/C11H8F2O2/c1-2-7-3-4-8(10(13)9(7)12)11-14-5-6-15-11/h1,3-4,11H,5-6H2. The summed E-state index contributed by atoms with van der Waals surface area (Å²) in [6.45, 7) is 0.755. The van der Waals surface area contributed by atoms with Gasteiger partial charge in [0.1, 0.15) is 0 Å². The fraction of sp³-hybridized carbons (Fsp3) is 0.273. The molecule has 0 unspecified atom stereocenters. The number of hydrogen-bond donors (Lipinski definition) is 0. The minimum Gasteiger partial charge on any atom is -0.346 e. The highest BCUT2D eigenvalue weighted by Crippen LogP contribution is 2.27. The largest absolute Gasteiger partial charge is 0.346 e. The summed E-state index contributed by atoms with van der Waals surface area (Å²) in [5.74, 6) is 0.0215. The third-order valence-corrected chi connectivity index (χ3v) is 2.14. The molecule has 0 aromatic heterocycles. The zero-order chi connectivity index (χ0) is 10.8. The normalized spacial score (nSPS) is 16.6. The Hall–Kier alpha value is -1.44. The van der Waals surface area contributed by atoms with Gasteiger partial charge >= 0.3 is 0 Å². The molecule has 78 valence electrons. The van der Waals surface area contributed by atoms with Gasteiger partial charge in [0, 0.05) is 5.56 Å². The second-order valence-corrected chi connectivity index (χ2v) is 3.05. The van der Waals surface area contributed by atoms with E-state index >= 15 is 0 Å². The maximum absolute atomic E-state index is 13.5. The molecule has 2 rings (SSSR count). The first-order valence-electron chi connectivity index (χ1n) is 4.41. The summed E-state index contributed by atoms with van der Waals surface area (Å²) in [6.07, 6.45) is 4.18. The minimum atomic E-state index is -1.03. The lowest BCUT2D eigenvalue weighted by Gasteiger charge is -2.11. The van der Waals surface area contributed by atoms with Crippen LogP contribution in [-0.4, -0.2) is 13.2 Å². The molecule has 2 nitrogen and oxygen atoms in total. The second kappa shape index (κ2) is 3.97. The van der Waals surface area contributed by atoms with Crippen molar-refractivity contribution >= 4 is 0 Å². The van der Waals surface area contributed by atoms with Crippen LogP contribution < -0.4 is 0 Å². The van der Waals surface area contributed by atoms with Gasteiger partial charge in [-0.05, 0) is 12.1 Å². The molecule has 1 aliphatic heterocycles. The van der Waals surface area contributed by atoms with Crippen LogP contribution in [0.25, 0.3) is 0 Å². The Balaban J connectivity index is 2.42. The van der Waals surface area contributed by atoms with Crippen molar-refractivity contribution in [3.05, 3.63) is 34.9 Å². The number of halogens is 2. The van der Waals surface area contributed by atoms with Gasteiger partial charge < -0.3 is 9.47 Å². The zero-order valence-corrected chi connectivity index (χ0v) is 7.80. The number of benzene rings is 1. The van der Waals surface area contributed by atoms with Crippen LogP contribution in [0.3, 0.4) is 0 Å². The van der Waals surface area contributed by atoms with Crippen molar-refractivity contribution in [2.24, 2.45) is 0 Å². The molecule has 1 heterocycles. The van der Waals surface area contributed by atoms with E-state index in [1.165, 1.54) is 12.1 Å². The maximum Gasteiger partial charge on any atom is 0.186 e. The van der Waals surface area contributed by atoms with E-state index in [1.807, 2.05) is 0 Å². The third kappa shape index (κ3) is 1.72. The molecule has 0 amide bonds. The van der Waals surface area contributed by atoms with E-state index < -0.39 is 17.9 Å². The Morgan fingerprint density at radius 3 is 2.47 bits per heavy atom. The van der Waals surface area contributed by atoms with Crippen LogP contribution in [0.4, 0.5) is 8.78 Å². The van der Waals surface area contributed by atoms with Crippen molar-refractivity contribution in [1.82, 2.24) is 0 Å². The molecule has 1 fully saturated rings. The summed E-state index contributed by atoms with van der Waals surface area (Å²) >= 11 is 0. The molecular weight excluding hydrogens is 202 g/mol. The topological polar surface area (TPSA) is 18.5 Å². The molecule has 1 aliphatic rings. The van der Waals surface area contributed by atoms with Crippen molar-refractivity contribution in [1.29, 1.82) is 0 Å². The van der Waals surface area contributed by atoms with E-state index in [2.05, 4.69) is 5.92 Å². The van der Waals surface area contributed by atoms with Gasteiger partial charge in [0.05, 0.1) is 18.8 Å². The van der Waals surface area contributed by atoms with Crippen LogP contribution >= 0.6 is 0 Å². The lowest BCUT2D eigenvalue weighted by Crippen LogP contribution is -2.04. The summed E-state index contributed by atoms with van der Waals surface area (Å²) < 4.78 is 36.9. The summed E-state index contributed by atoms with van der Waals surface area (Å²) in [7, 11) is 0. The van der Waals surface area contributed by atoms with Gasteiger partial charge in [-0.1, -0.05) is 5.92 Å². The van der Waals surface area contributed by atoms with Gasteiger partial charge in [-0.25, -0.2) is 8.78 Å². The third-order valence-electron chi connectivity index (χ3n) is 2.14. The van der Waals surface area contributed by atoms with Crippen molar-refractivity contribution in [3.63, 3.8) is 0 Å². The Morgan fingerprint density at radius 1 is 1.20 bits per heavy atom. The van der Waals surface area contributed by atoms with Crippen LogP contribution in [0.2, 0.25) is 0 Å². The molecule has 0 aliphatic carbocycles. The molecule has 0 radical (unpaired) electrons. The Labute approximate surface area is 85.8 Å². The Kier molecular flexibility index (Phi) is 2.67. The van der Waals surface area contributed by atoms with Crippen molar-refractivity contribution in [2.75, 3.05) is 13.2 Å². The van der Waals surface area contributed by atoms with Gasteiger partial charge in [0.15, 0.2) is 17.9 Å². The summed E-state index contributed by atoms with van der Waals surface area (Å²) in [6, 6.07) is 2.71. The first kappa shape index (κ1) is 10.1. The monoisotopic (exact) mass is 210 g/mol. The number of ether oxygens (including phenoxy) is 2. The van der Waals surface area contributed by atoms with Crippen LogP contribution in [0.5, 0.6) is 0 Å². The minimum absolute atomic E-state index is 0.0454. The summed E-state index contributed by atoms with van der Waals surface area (Å²) in [4.78, 5) is 0. The first-order chi connectivity index (χ1) is 7.24. The Bertz CT molecular complexity index is 417. The average Bonchev–Trinajstić information content (AvgIpc) is 2.75. The number of terminal acetylenes is 1. The van der Waals surface area contributed by atoms with E-state index in [-0.39, 0.29) is 11.1 Å². The SMILES string of the molecule is C#Cc1ccc(C2OCCO2)c(F)c1F. The predicted molar refractivity (Wildman–Crippen MR) is 48.9 cm³/mol. The predicted octanol–water partition coefficient (Wildman–Crippen LogP) is 1.99. The number of hydrogen-bond acceptors (Lipinski definition) is 2. The van der Waals surface area contributed by atoms with Crippen LogP contribution in [0.15, 0.2) is 12.1 Å². The molecule has 15 heavy (non-hydrogen) atoms. The van der Waals surface area contributed by atoms with Gasteiger partial charge in [-0.2, -0.15) is 0 Å². The molecule has 0 N–H and O–H groups in total. The molecule has 1 aromatic carbocycles. The molecule has 1 saturated heterocycles. The molecule has 0 atom stereocenters. The van der Waals surface area contributed by atoms with Gasteiger partial charge in [0.2, 0.25) is 0 Å². The van der Waals surface area contributed by atoms with Crippen LogP contribution in [0, 0.1) is 24.0 Å².